The van der Waals surface area contributed by atoms with Gasteiger partial charge in [0, 0.05) is 18.5 Å². The lowest BCUT2D eigenvalue weighted by Gasteiger charge is -2.15. The number of ether oxygens (including phenoxy) is 1. The highest BCUT2D eigenvalue weighted by Crippen LogP contribution is 2.23. The Balaban J connectivity index is 2.17. The first kappa shape index (κ1) is 14.5. The summed E-state index contributed by atoms with van der Waals surface area (Å²) in [6.45, 7) is 6.19. The Morgan fingerprint density at radius 1 is 1.35 bits per heavy atom. The first-order valence-electron chi connectivity index (χ1n) is 6.81. The van der Waals surface area contributed by atoms with Crippen molar-refractivity contribution in [2.75, 3.05) is 7.11 Å². The lowest BCUT2D eigenvalue weighted by Crippen LogP contribution is -2.18. The van der Waals surface area contributed by atoms with Crippen LogP contribution < -0.4 is 10.5 Å². The number of aromatic nitrogens is 3. The number of benzene rings is 1. The van der Waals surface area contributed by atoms with Gasteiger partial charge in [0.15, 0.2) is 0 Å². The predicted octanol–water partition coefficient (Wildman–Crippen LogP) is 2.42. The fourth-order valence-electron chi connectivity index (χ4n) is 2.30. The van der Waals surface area contributed by atoms with Gasteiger partial charge in [0.05, 0.1) is 7.11 Å². The number of nitrogens with two attached hydrogens (primary N) is 1. The van der Waals surface area contributed by atoms with Crippen molar-refractivity contribution < 1.29 is 4.74 Å². The Kier molecular flexibility index (Phi) is 4.39. The van der Waals surface area contributed by atoms with Crippen LogP contribution in [0.2, 0.25) is 0 Å². The maximum atomic E-state index is 6.29. The first-order valence-corrected chi connectivity index (χ1v) is 6.81. The Hall–Kier alpha value is -1.88. The van der Waals surface area contributed by atoms with Gasteiger partial charge in [0.25, 0.3) is 0 Å². The summed E-state index contributed by atoms with van der Waals surface area (Å²) in [6, 6.07) is 6.22. The molecule has 0 spiro atoms. The van der Waals surface area contributed by atoms with E-state index in [0.717, 1.165) is 22.7 Å². The largest absolute Gasteiger partial charge is 0.496 e. The van der Waals surface area contributed by atoms with E-state index >= 15 is 0 Å². The van der Waals surface area contributed by atoms with Gasteiger partial charge in [-0.15, -0.1) is 0 Å². The molecular formula is C15H22N4O. The summed E-state index contributed by atoms with van der Waals surface area (Å²) in [5.74, 6) is 1.80. The van der Waals surface area contributed by atoms with Gasteiger partial charge in [-0.05, 0) is 38.0 Å². The molecular weight excluding hydrogens is 252 g/mol. The molecule has 0 aliphatic rings. The highest BCUT2D eigenvalue weighted by Gasteiger charge is 2.14. The first-order chi connectivity index (χ1) is 9.52. The summed E-state index contributed by atoms with van der Waals surface area (Å²) in [6.07, 6.45) is 2.26. The van der Waals surface area contributed by atoms with Crippen LogP contribution in [0.25, 0.3) is 0 Å². The predicted molar refractivity (Wildman–Crippen MR) is 78.8 cm³/mol. The van der Waals surface area contributed by atoms with E-state index in [1.54, 1.807) is 13.4 Å². The Labute approximate surface area is 119 Å². The Morgan fingerprint density at radius 3 is 2.70 bits per heavy atom. The van der Waals surface area contributed by atoms with Crippen molar-refractivity contribution >= 4 is 0 Å². The lowest BCUT2D eigenvalue weighted by molar-refractivity contribution is 0.411. The molecule has 108 valence electrons. The van der Waals surface area contributed by atoms with Crippen LogP contribution in [-0.2, 0) is 6.42 Å². The second-order valence-corrected chi connectivity index (χ2v) is 5.25. The van der Waals surface area contributed by atoms with Crippen molar-refractivity contribution in [3.63, 3.8) is 0 Å². The molecule has 5 nitrogen and oxygen atoms in total. The third-order valence-corrected chi connectivity index (χ3v) is 3.39. The number of methoxy groups -OCH3 is 1. The second-order valence-electron chi connectivity index (χ2n) is 5.25. The van der Waals surface area contributed by atoms with Gasteiger partial charge in [0.1, 0.15) is 17.9 Å². The van der Waals surface area contributed by atoms with Gasteiger partial charge in [-0.2, -0.15) is 5.10 Å². The maximum absolute atomic E-state index is 6.29. The van der Waals surface area contributed by atoms with Crippen LogP contribution in [0, 0.1) is 6.92 Å². The number of aryl methyl sites for hydroxylation is 1. The molecule has 5 heteroatoms. The van der Waals surface area contributed by atoms with E-state index in [1.165, 1.54) is 0 Å². The highest BCUT2D eigenvalue weighted by molar-refractivity contribution is 5.37. The van der Waals surface area contributed by atoms with E-state index in [9.17, 15) is 0 Å². The molecule has 0 amide bonds. The molecule has 0 aliphatic heterocycles. The van der Waals surface area contributed by atoms with Gasteiger partial charge in [0.2, 0.25) is 0 Å². The SMILES string of the molecule is COc1ccc(C(N)Cc2ncnn2C(C)C)cc1C. The molecule has 2 aromatic rings. The van der Waals surface area contributed by atoms with Crippen molar-refractivity contribution in [2.45, 2.75) is 39.3 Å². The Bertz CT molecular complexity index is 577. The van der Waals surface area contributed by atoms with Crippen LogP contribution in [0.4, 0.5) is 0 Å². The third-order valence-electron chi connectivity index (χ3n) is 3.39. The third kappa shape index (κ3) is 2.99. The van der Waals surface area contributed by atoms with E-state index in [1.807, 2.05) is 23.7 Å². The number of nitrogens with zero attached hydrogens (tertiary/aromatic N) is 3. The highest BCUT2D eigenvalue weighted by atomic mass is 16.5. The maximum Gasteiger partial charge on any atom is 0.138 e. The van der Waals surface area contributed by atoms with Gasteiger partial charge in [-0.3, -0.25) is 0 Å². The van der Waals surface area contributed by atoms with Crippen molar-refractivity contribution in [1.82, 2.24) is 14.8 Å². The number of rotatable bonds is 5. The van der Waals surface area contributed by atoms with Crippen molar-refractivity contribution in [3.05, 3.63) is 41.5 Å². The van der Waals surface area contributed by atoms with Gasteiger partial charge < -0.3 is 10.5 Å². The minimum absolute atomic E-state index is 0.0960. The normalized spacial score (nSPS) is 12.7. The topological polar surface area (TPSA) is 66.0 Å². The monoisotopic (exact) mass is 274 g/mol. The molecule has 0 bridgehead atoms. The summed E-state index contributed by atoms with van der Waals surface area (Å²) < 4.78 is 7.18. The van der Waals surface area contributed by atoms with E-state index < -0.39 is 0 Å². The quantitative estimate of drug-likeness (QED) is 0.909. The van der Waals surface area contributed by atoms with Gasteiger partial charge in [-0.1, -0.05) is 12.1 Å². The molecule has 20 heavy (non-hydrogen) atoms. The van der Waals surface area contributed by atoms with E-state index in [-0.39, 0.29) is 12.1 Å². The summed E-state index contributed by atoms with van der Waals surface area (Å²) >= 11 is 0. The summed E-state index contributed by atoms with van der Waals surface area (Å²) in [7, 11) is 1.67. The molecule has 0 fully saturated rings. The zero-order chi connectivity index (χ0) is 14.7. The van der Waals surface area contributed by atoms with Crippen molar-refractivity contribution in [1.29, 1.82) is 0 Å². The second kappa shape index (κ2) is 6.05. The van der Waals surface area contributed by atoms with E-state index in [0.29, 0.717) is 6.42 Å². The molecule has 1 atom stereocenters. The fourth-order valence-corrected chi connectivity index (χ4v) is 2.30. The number of hydrogen-bond acceptors (Lipinski definition) is 4. The van der Waals surface area contributed by atoms with Crippen molar-refractivity contribution in [2.24, 2.45) is 5.73 Å². The minimum atomic E-state index is -0.0960. The molecule has 1 heterocycles. The molecule has 2 N–H and O–H groups in total. The van der Waals surface area contributed by atoms with Crippen LogP contribution in [0.1, 0.15) is 42.9 Å². The molecule has 2 rings (SSSR count). The van der Waals surface area contributed by atoms with Crippen LogP contribution in [0.5, 0.6) is 5.75 Å². The Morgan fingerprint density at radius 2 is 2.10 bits per heavy atom. The smallest absolute Gasteiger partial charge is 0.138 e. The standard InChI is InChI=1S/C15H22N4O/c1-10(2)19-15(17-9-18-19)8-13(16)12-5-6-14(20-4)11(3)7-12/h5-7,9-10,13H,8,16H2,1-4H3. The minimum Gasteiger partial charge on any atom is -0.496 e. The van der Waals surface area contributed by atoms with Crippen LogP contribution >= 0.6 is 0 Å². The fraction of sp³-hybridized carbons (Fsp3) is 0.467. The van der Waals surface area contributed by atoms with Gasteiger partial charge in [-0.25, -0.2) is 9.67 Å². The zero-order valence-electron chi connectivity index (χ0n) is 12.5. The molecule has 0 aliphatic carbocycles. The van der Waals surface area contributed by atoms with Crippen LogP contribution in [0.15, 0.2) is 24.5 Å². The van der Waals surface area contributed by atoms with E-state index in [2.05, 4.69) is 30.0 Å². The van der Waals surface area contributed by atoms with Crippen LogP contribution in [0.3, 0.4) is 0 Å². The molecule has 1 aromatic carbocycles. The molecule has 0 saturated heterocycles. The van der Waals surface area contributed by atoms with Crippen molar-refractivity contribution in [3.8, 4) is 5.75 Å². The zero-order valence-corrected chi connectivity index (χ0v) is 12.5. The average Bonchev–Trinajstić information content (AvgIpc) is 2.86. The number of hydrogen-bond donors (Lipinski definition) is 1. The summed E-state index contributed by atoms with van der Waals surface area (Å²) in [4.78, 5) is 4.31. The van der Waals surface area contributed by atoms with Gasteiger partial charge >= 0.3 is 0 Å². The molecule has 0 saturated carbocycles. The lowest BCUT2D eigenvalue weighted by atomic mass is 10.0. The molecule has 1 unspecified atom stereocenters. The van der Waals surface area contributed by atoms with Crippen LogP contribution in [-0.4, -0.2) is 21.9 Å². The van der Waals surface area contributed by atoms with E-state index in [4.69, 9.17) is 10.5 Å². The molecule has 0 radical (unpaired) electrons. The summed E-state index contributed by atoms with van der Waals surface area (Å²) in [5.41, 5.74) is 8.47. The molecule has 1 aromatic heterocycles. The summed E-state index contributed by atoms with van der Waals surface area (Å²) in [5, 5.41) is 4.24. The average molecular weight is 274 g/mol.